The molecule has 0 spiro atoms. The van der Waals surface area contributed by atoms with Gasteiger partial charge in [0, 0.05) is 11.8 Å². The third kappa shape index (κ3) is 2.33. The van der Waals surface area contributed by atoms with Crippen LogP contribution in [0.3, 0.4) is 0 Å². The maximum absolute atomic E-state index is 13.2. The first-order chi connectivity index (χ1) is 8.63. The highest BCUT2D eigenvalue weighted by Gasteiger charge is 2.18. The van der Waals surface area contributed by atoms with Gasteiger partial charge in [-0.25, -0.2) is 9.37 Å². The number of hydrogen-bond acceptors (Lipinski definition) is 3. The van der Waals surface area contributed by atoms with E-state index >= 15 is 0 Å². The number of ether oxygens (including phenoxy) is 1. The zero-order valence-electron chi connectivity index (χ0n) is 10.2. The van der Waals surface area contributed by atoms with Crippen molar-refractivity contribution in [3.63, 3.8) is 0 Å². The molecule has 0 bridgehead atoms. The molecule has 0 aliphatic heterocycles. The van der Waals surface area contributed by atoms with Gasteiger partial charge in [-0.2, -0.15) is 0 Å². The van der Waals surface area contributed by atoms with E-state index in [4.69, 9.17) is 4.74 Å². The molecule has 1 heterocycles. The lowest BCUT2D eigenvalue weighted by Crippen LogP contribution is -2.05. The molecule has 1 N–H and O–H groups in total. The molecule has 0 aliphatic carbocycles. The second-order valence-electron chi connectivity index (χ2n) is 4.01. The van der Waals surface area contributed by atoms with Crippen molar-refractivity contribution in [3.8, 4) is 5.88 Å². The van der Waals surface area contributed by atoms with Gasteiger partial charge in [0.05, 0.1) is 7.11 Å². The molecule has 1 aromatic carbocycles. The predicted molar refractivity (Wildman–Crippen MR) is 66.0 cm³/mol. The predicted octanol–water partition coefficient (Wildman–Crippen LogP) is 2.62. The molecular formula is C14H14FNO2. The molecule has 0 saturated heterocycles. The number of halogens is 1. The summed E-state index contributed by atoms with van der Waals surface area (Å²) in [5.74, 6) is -0.0360. The molecule has 0 amide bonds. The van der Waals surface area contributed by atoms with E-state index in [1.54, 1.807) is 24.4 Å². The lowest BCUT2D eigenvalue weighted by atomic mass is 9.98. The Balaban J connectivity index is 2.47. The van der Waals surface area contributed by atoms with Crippen LogP contribution in [0.5, 0.6) is 5.88 Å². The van der Waals surface area contributed by atoms with E-state index in [0.29, 0.717) is 17.0 Å². The summed E-state index contributed by atoms with van der Waals surface area (Å²) in [4.78, 5) is 4.02. The van der Waals surface area contributed by atoms with Crippen LogP contribution in [0.25, 0.3) is 0 Å². The van der Waals surface area contributed by atoms with E-state index in [9.17, 15) is 9.50 Å². The van der Waals surface area contributed by atoms with Crippen LogP contribution in [0.4, 0.5) is 4.39 Å². The van der Waals surface area contributed by atoms with Gasteiger partial charge >= 0.3 is 0 Å². The summed E-state index contributed by atoms with van der Waals surface area (Å²) in [5.41, 5.74) is 1.85. The van der Waals surface area contributed by atoms with Crippen LogP contribution in [0, 0.1) is 12.7 Å². The molecule has 4 heteroatoms. The molecule has 2 rings (SSSR count). The zero-order chi connectivity index (χ0) is 13.1. The third-order valence-corrected chi connectivity index (χ3v) is 2.82. The molecule has 0 aliphatic rings. The van der Waals surface area contributed by atoms with Gasteiger partial charge in [-0.3, -0.25) is 0 Å². The van der Waals surface area contributed by atoms with Crippen LogP contribution in [-0.2, 0) is 0 Å². The van der Waals surface area contributed by atoms with Crippen molar-refractivity contribution < 1.29 is 14.2 Å². The van der Waals surface area contributed by atoms with E-state index in [2.05, 4.69) is 4.98 Å². The molecular weight excluding hydrogens is 233 g/mol. The highest BCUT2D eigenvalue weighted by Crippen LogP contribution is 2.30. The number of rotatable bonds is 3. The van der Waals surface area contributed by atoms with Crippen molar-refractivity contribution >= 4 is 0 Å². The highest BCUT2D eigenvalue weighted by molar-refractivity contribution is 5.39. The maximum atomic E-state index is 13.2. The van der Waals surface area contributed by atoms with Crippen LogP contribution in [-0.4, -0.2) is 17.2 Å². The zero-order valence-corrected chi connectivity index (χ0v) is 10.2. The van der Waals surface area contributed by atoms with Gasteiger partial charge < -0.3 is 9.84 Å². The van der Waals surface area contributed by atoms with Crippen molar-refractivity contribution in [1.29, 1.82) is 0 Å². The van der Waals surface area contributed by atoms with Crippen molar-refractivity contribution in [2.75, 3.05) is 7.11 Å². The SMILES string of the molecule is COc1ncccc1C(O)c1cc(F)ccc1C. The minimum atomic E-state index is -0.954. The van der Waals surface area contributed by atoms with Crippen molar-refractivity contribution in [2.24, 2.45) is 0 Å². The normalized spacial score (nSPS) is 12.2. The van der Waals surface area contributed by atoms with Gasteiger partial charge in [0.2, 0.25) is 5.88 Å². The minimum Gasteiger partial charge on any atom is -0.481 e. The lowest BCUT2D eigenvalue weighted by molar-refractivity contribution is 0.212. The van der Waals surface area contributed by atoms with Crippen molar-refractivity contribution in [2.45, 2.75) is 13.0 Å². The fraction of sp³-hybridized carbons (Fsp3) is 0.214. The number of hydrogen-bond donors (Lipinski definition) is 1. The molecule has 18 heavy (non-hydrogen) atoms. The highest BCUT2D eigenvalue weighted by atomic mass is 19.1. The summed E-state index contributed by atoms with van der Waals surface area (Å²) in [6.45, 7) is 1.82. The molecule has 94 valence electrons. The fourth-order valence-electron chi connectivity index (χ4n) is 1.86. The monoisotopic (exact) mass is 247 g/mol. The lowest BCUT2D eigenvalue weighted by Gasteiger charge is -2.16. The Morgan fingerprint density at radius 3 is 2.78 bits per heavy atom. The summed E-state index contributed by atoms with van der Waals surface area (Å²) in [5, 5.41) is 10.3. The molecule has 2 aromatic rings. The molecule has 0 fully saturated rings. The second-order valence-corrected chi connectivity index (χ2v) is 4.01. The van der Waals surface area contributed by atoms with Crippen LogP contribution < -0.4 is 4.74 Å². The fourth-order valence-corrected chi connectivity index (χ4v) is 1.86. The average Bonchev–Trinajstić information content (AvgIpc) is 2.40. The van der Waals surface area contributed by atoms with Crippen LogP contribution in [0.1, 0.15) is 22.8 Å². The summed E-state index contributed by atoms with van der Waals surface area (Å²) in [7, 11) is 1.48. The van der Waals surface area contributed by atoms with Gasteiger partial charge in [-0.1, -0.05) is 6.07 Å². The quantitative estimate of drug-likeness (QED) is 0.906. The maximum Gasteiger partial charge on any atom is 0.219 e. The summed E-state index contributed by atoms with van der Waals surface area (Å²) >= 11 is 0. The minimum absolute atomic E-state index is 0.341. The van der Waals surface area contributed by atoms with Crippen LogP contribution >= 0.6 is 0 Å². The Hall–Kier alpha value is -1.94. The largest absolute Gasteiger partial charge is 0.481 e. The number of pyridine rings is 1. The van der Waals surface area contributed by atoms with Crippen molar-refractivity contribution in [1.82, 2.24) is 4.98 Å². The van der Waals surface area contributed by atoms with Crippen LogP contribution in [0.2, 0.25) is 0 Å². The number of methoxy groups -OCH3 is 1. The van der Waals surface area contributed by atoms with E-state index in [1.807, 2.05) is 6.92 Å². The molecule has 1 atom stereocenters. The number of aryl methyl sites for hydroxylation is 1. The number of aliphatic hydroxyl groups excluding tert-OH is 1. The first-order valence-corrected chi connectivity index (χ1v) is 5.56. The van der Waals surface area contributed by atoms with Crippen LogP contribution in [0.15, 0.2) is 36.5 Å². The number of aromatic nitrogens is 1. The standard InChI is InChI=1S/C14H14FNO2/c1-9-5-6-10(15)8-12(9)13(17)11-4-3-7-16-14(11)18-2/h3-8,13,17H,1-2H3. The number of aliphatic hydroxyl groups is 1. The number of benzene rings is 1. The van der Waals surface area contributed by atoms with Gasteiger partial charge in [0.15, 0.2) is 0 Å². The second kappa shape index (κ2) is 5.14. The smallest absolute Gasteiger partial charge is 0.219 e. The molecule has 0 radical (unpaired) electrons. The van der Waals surface area contributed by atoms with E-state index < -0.39 is 6.10 Å². The van der Waals surface area contributed by atoms with Gasteiger partial charge in [0.25, 0.3) is 0 Å². The topological polar surface area (TPSA) is 42.4 Å². The Morgan fingerprint density at radius 1 is 1.28 bits per heavy atom. The van der Waals surface area contributed by atoms with E-state index in [-0.39, 0.29) is 5.82 Å². The molecule has 3 nitrogen and oxygen atoms in total. The first kappa shape index (κ1) is 12.5. The Bertz CT molecular complexity index is 557. The molecule has 1 aromatic heterocycles. The summed E-state index contributed by atoms with van der Waals surface area (Å²) < 4.78 is 18.3. The van der Waals surface area contributed by atoms with Gasteiger partial charge in [0.1, 0.15) is 11.9 Å². The third-order valence-electron chi connectivity index (χ3n) is 2.82. The van der Waals surface area contributed by atoms with E-state index in [1.165, 1.54) is 19.2 Å². The van der Waals surface area contributed by atoms with Gasteiger partial charge in [-0.05, 0) is 42.3 Å². The Morgan fingerprint density at radius 2 is 2.06 bits per heavy atom. The first-order valence-electron chi connectivity index (χ1n) is 5.56. The van der Waals surface area contributed by atoms with Gasteiger partial charge in [-0.15, -0.1) is 0 Å². The average molecular weight is 247 g/mol. The number of nitrogens with zero attached hydrogens (tertiary/aromatic N) is 1. The summed E-state index contributed by atoms with van der Waals surface area (Å²) in [6.07, 6.45) is 0.623. The molecule has 0 saturated carbocycles. The Labute approximate surface area is 105 Å². The van der Waals surface area contributed by atoms with E-state index in [0.717, 1.165) is 5.56 Å². The summed E-state index contributed by atoms with van der Waals surface area (Å²) in [6, 6.07) is 7.74. The Kier molecular flexibility index (Phi) is 3.58. The molecule has 1 unspecified atom stereocenters. The van der Waals surface area contributed by atoms with Crippen molar-refractivity contribution in [3.05, 3.63) is 59.0 Å².